The average Bonchev–Trinajstić information content (AvgIpc) is 2.19. The van der Waals surface area contributed by atoms with Crippen LogP contribution in [-0.4, -0.2) is 17.3 Å². The van der Waals surface area contributed by atoms with Crippen LogP contribution in [0.3, 0.4) is 0 Å². The number of carbonyl (C=O) groups is 1. The van der Waals surface area contributed by atoms with E-state index in [0.717, 1.165) is 0 Å². The van der Waals surface area contributed by atoms with Crippen LogP contribution in [0.2, 0.25) is 0 Å². The van der Waals surface area contributed by atoms with Gasteiger partial charge in [-0.25, -0.2) is 8.78 Å². The first-order chi connectivity index (χ1) is 6.61. The van der Waals surface area contributed by atoms with Gasteiger partial charge in [0.25, 0.3) is 6.43 Å². The van der Waals surface area contributed by atoms with E-state index in [0.29, 0.717) is 11.6 Å². The zero-order valence-corrected chi connectivity index (χ0v) is 7.15. The van der Waals surface area contributed by atoms with Crippen molar-refractivity contribution in [1.82, 2.24) is 0 Å². The first-order valence-corrected chi connectivity index (χ1v) is 3.89. The van der Waals surface area contributed by atoms with E-state index in [1.54, 1.807) is 18.2 Å². The summed E-state index contributed by atoms with van der Waals surface area (Å²) < 4.78 is 23.6. The van der Waals surface area contributed by atoms with E-state index >= 15 is 0 Å². The molecule has 0 bridgehead atoms. The van der Waals surface area contributed by atoms with Crippen LogP contribution < -0.4 is 0 Å². The standard InChI is InChI=1S/C10H8F2O2/c11-10(12)9(14)6-8(13)7-4-2-1-3-5-7/h1-6,10,13H. The van der Waals surface area contributed by atoms with Crippen LogP contribution in [0.25, 0.3) is 5.76 Å². The van der Waals surface area contributed by atoms with Gasteiger partial charge in [0.2, 0.25) is 5.78 Å². The second-order valence-corrected chi connectivity index (χ2v) is 2.60. The lowest BCUT2D eigenvalue weighted by atomic mass is 10.1. The zero-order chi connectivity index (χ0) is 10.6. The van der Waals surface area contributed by atoms with Gasteiger partial charge in [-0.2, -0.15) is 0 Å². The van der Waals surface area contributed by atoms with Crippen LogP contribution in [0.5, 0.6) is 0 Å². The average molecular weight is 198 g/mol. The number of aliphatic hydroxyl groups excluding tert-OH is 1. The van der Waals surface area contributed by atoms with Crippen LogP contribution in [0.1, 0.15) is 5.56 Å². The zero-order valence-electron chi connectivity index (χ0n) is 7.15. The monoisotopic (exact) mass is 198 g/mol. The Morgan fingerprint density at radius 1 is 1.29 bits per heavy atom. The molecule has 1 aromatic rings. The summed E-state index contributed by atoms with van der Waals surface area (Å²) in [5.74, 6) is -1.85. The summed E-state index contributed by atoms with van der Waals surface area (Å²) in [6, 6.07) is 8.01. The molecule has 4 heteroatoms. The van der Waals surface area contributed by atoms with E-state index < -0.39 is 18.0 Å². The summed E-state index contributed by atoms with van der Waals surface area (Å²) in [7, 11) is 0. The van der Waals surface area contributed by atoms with Gasteiger partial charge in [-0.1, -0.05) is 30.3 Å². The largest absolute Gasteiger partial charge is 0.507 e. The molecule has 1 rings (SSSR count). The van der Waals surface area contributed by atoms with Crippen molar-refractivity contribution in [3.63, 3.8) is 0 Å². The van der Waals surface area contributed by atoms with E-state index in [4.69, 9.17) is 0 Å². The third-order valence-corrected chi connectivity index (χ3v) is 1.56. The first-order valence-electron chi connectivity index (χ1n) is 3.89. The fraction of sp³-hybridized carbons (Fsp3) is 0.100. The molecular weight excluding hydrogens is 190 g/mol. The number of ketones is 1. The molecule has 0 aromatic heterocycles. The molecule has 0 unspecified atom stereocenters. The number of carbonyl (C=O) groups excluding carboxylic acids is 1. The lowest BCUT2D eigenvalue weighted by Gasteiger charge is -1.98. The van der Waals surface area contributed by atoms with Gasteiger partial charge in [-0.3, -0.25) is 4.79 Å². The molecule has 0 amide bonds. The Labute approximate surface area is 79.5 Å². The third-order valence-electron chi connectivity index (χ3n) is 1.56. The van der Waals surface area contributed by atoms with Crippen molar-refractivity contribution >= 4 is 11.5 Å². The Morgan fingerprint density at radius 2 is 1.86 bits per heavy atom. The highest BCUT2D eigenvalue weighted by Crippen LogP contribution is 2.11. The second-order valence-electron chi connectivity index (χ2n) is 2.60. The Balaban J connectivity index is 2.85. The maximum atomic E-state index is 11.8. The number of halogens is 2. The number of hydrogen-bond donors (Lipinski definition) is 1. The summed E-state index contributed by atoms with van der Waals surface area (Å²) in [4.78, 5) is 10.5. The Kier molecular flexibility index (Phi) is 3.34. The van der Waals surface area contributed by atoms with Gasteiger partial charge in [-0.05, 0) is 0 Å². The highest BCUT2D eigenvalue weighted by Gasteiger charge is 2.13. The molecule has 1 aromatic carbocycles. The third kappa shape index (κ3) is 2.65. The van der Waals surface area contributed by atoms with Gasteiger partial charge < -0.3 is 5.11 Å². The van der Waals surface area contributed by atoms with Gasteiger partial charge in [0, 0.05) is 11.6 Å². The summed E-state index contributed by atoms with van der Waals surface area (Å²) in [6.07, 6.45) is -2.55. The van der Waals surface area contributed by atoms with Crippen molar-refractivity contribution in [2.24, 2.45) is 0 Å². The first kappa shape index (κ1) is 10.4. The summed E-state index contributed by atoms with van der Waals surface area (Å²) in [6.45, 7) is 0. The normalized spacial score (nSPS) is 11.8. The Bertz CT molecular complexity index is 344. The van der Waals surface area contributed by atoms with Crippen molar-refractivity contribution in [1.29, 1.82) is 0 Å². The fourth-order valence-corrected chi connectivity index (χ4v) is 0.890. The Hall–Kier alpha value is -1.71. The van der Waals surface area contributed by atoms with Crippen LogP contribution in [0.4, 0.5) is 8.78 Å². The van der Waals surface area contributed by atoms with Crippen LogP contribution in [0, 0.1) is 0 Å². The van der Waals surface area contributed by atoms with E-state index in [1.807, 2.05) is 0 Å². The van der Waals surface area contributed by atoms with E-state index in [2.05, 4.69) is 0 Å². The minimum Gasteiger partial charge on any atom is -0.507 e. The molecule has 1 N–H and O–H groups in total. The molecule has 74 valence electrons. The van der Waals surface area contributed by atoms with Gasteiger partial charge in [0.1, 0.15) is 5.76 Å². The lowest BCUT2D eigenvalue weighted by molar-refractivity contribution is -0.124. The molecule has 0 saturated carbocycles. The van der Waals surface area contributed by atoms with E-state index in [1.165, 1.54) is 12.1 Å². The molecule has 0 heterocycles. The van der Waals surface area contributed by atoms with Crippen molar-refractivity contribution in [2.45, 2.75) is 6.43 Å². The number of aliphatic hydroxyl groups is 1. The molecule has 0 fully saturated rings. The highest BCUT2D eigenvalue weighted by molar-refractivity contribution is 5.97. The predicted molar refractivity (Wildman–Crippen MR) is 48.1 cm³/mol. The number of allylic oxidation sites excluding steroid dienone is 1. The number of alkyl halides is 2. The molecule has 0 aliphatic carbocycles. The van der Waals surface area contributed by atoms with Crippen LogP contribution >= 0.6 is 0 Å². The molecule has 0 aliphatic heterocycles. The van der Waals surface area contributed by atoms with Crippen LogP contribution in [-0.2, 0) is 4.79 Å². The minimum atomic E-state index is -3.08. The molecule has 0 spiro atoms. The van der Waals surface area contributed by atoms with Crippen molar-refractivity contribution in [2.75, 3.05) is 0 Å². The fourth-order valence-electron chi connectivity index (χ4n) is 0.890. The smallest absolute Gasteiger partial charge is 0.300 e. The van der Waals surface area contributed by atoms with Crippen molar-refractivity contribution in [3.05, 3.63) is 42.0 Å². The molecule has 0 saturated heterocycles. The summed E-state index contributed by atoms with van der Waals surface area (Å²) in [5, 5.41) is 9.25. The molecule has 14 heavy (non-hydrogen) atoms. The highest BCUT2D eigenvalue weighted by atomic mass is 19.3. The number of benzene rings is 1. The van der Waals surface area contributed by atoms with Crippen molar-refractivity contribution < 1.29 is 18.7 Å². The van der Waals surface area contributed by atoms with Gasteiger partial charge in [-0.15, -0.1) is 0 Å². The van der Waals surface area contributed by atoms with E-state index in [-0.39, 0.29) is 0 Å². The number of rotatable bonds is 3. The lowest BCUT2D eigenvalue weighted by Crippen LogP contribution is -2.06. The van der Waals surface area contributed by atoms with Gasteiger partial charge in [0.05, 0.1) is 0 Å². The second kappa shape index (κ2) is 4.50. The van der Waals surface area contributed by atoms with Gasteiger partial charge >= 0.3 is 0 Å². The Morgan fingerprint density at radius 3 is 2.36 bits per heavy atom. The molecular formula is C10H8F2O2. The van der Waals surface area contributed by atoms with Crippen molar-refractivity contribution in [3.8, 4) is 0 Å². The SMILES string of the molecule is O=C(C=C(O)c1ccccc1)C(F)F. The molecule has 2 nitrogen and oxygen atoms in total. The summed E-state index contributed by atoms with van der Waals surface area (Å²) >= 11 is 0. The predicted octanol–water partition coefficient (Wildman–Crippen LogP) is 2.42. The summed E-state index contributed by atoms with van der Waals surface area (Å²) in [5.41, 5.74) is 0.335. The molecule has 0 atom stereocenters. The van der Waals surface area contributed by atoms with Crippen LogP contribution in [0.15, 0.2) is 36.4 Å². The minimum absolute atomic E-state index is 0.335. The topological polar surface area (TPSA) is 37.3 Å². The van der Waals surface area contributed by atoms with E-state index in [9.17, 15) is 18.7 Å². The molecule has 0 radical (unpaired) electrons. The quantitative estimate of drug-likeness (QED) is 0.598. The van der Waals surface area contributed by atoms with Gasteiger partial charge in [0.15, 0.2) is 0 Å². The molecule has 0 aliphatic rings. The maximum absolute atomic E-state index is 11.8. The number of hydrogen-bond acceptors (Lipinski definition) is 2. The maximum Gasteiger partial charge on any atom is 0.300 e.